The van der Waals surface area contributed by atoms with E-state index in [1.165, 1.54) is 82.6 Å². The number of hydrogen-bond acceptors (Lipinski definition) is 9. The lowest BCUT2D eigenvalue weighted by molar-refractivity contribution is -0.870. The fraction of sp³-hybridized carbons (Fsp3) is 0.902. The minimum Gasteiger partial charge on any atom is -0.462 e. The van der Waals surface area contributed by atoms with E-state index in [0.29, 0.717) is 28.8 Å². The lowest BCUT2D eigenvalue weighted by atomic mass is 9.47. The fourth-order valence-electron chi connectivity index (χ4n) is 12.0. The predicted molar refractivity (Wildman–Crippen MR) is 249 cm³/mol. The Bertz CT molecular complexity index is 1510. The van der Waals surface area contributed by atoms with Crippen molar-refractivity contribution in [2.75, 3.05) is 47.5 Å². The summed E-state index contributed by atoms with van der Waals surface area (Å²) in [6, 6.07) is 0. The first-order valence-corrected chi connectivity index (χ1v) is 26.9. The van der Waals surface area contributed by atoms with Gasteiger partial charge in [0.25, 0.3) is 0 Å². The van der Waals surface area contributed by atoms with E-state index in [9.17, 15) is 23.8 Å². The Kier molecular flexibility index (Phi) is 21.7. The molecule has 0 aliphatic heterocycles. The number of carbonyl (C=O) groups excluding carboxylic acids is 3. The number of nitrogens with zero attached hydrogens (tertiary/aromatic N) is 1. The van der Waals surface area contributed by atoms with E-state index >= 15 is 0 Å². The third-order valence-electron chi connectivity index (χ3n) is 15.7. The van der Waals surface area contributed by atoms with Crippen LogP contribution in [0.3, 0.4) is 0 Å². The maximum atomic E-state index is 13.2. The number of carbonyl (C=O) groups is 3. The number of hydrogen-bond donors (Lipinski definition) is 1. The predicted octanol–water partition coefficient (Wildman–Crippen LogP) is 11.9. The second-order valence-corrected chi connectivity index (χ2v) is 23.6. The first-order chi connectivity index (χ1) is 29.8. The molecule has 0 radical (unpaired) electrons. The van der Waals surface area contributed by atoms with Gasteiger partial charge in [0, 0.05) is 12.8 Å². The Hall–Kier alpha value is -1.78. The number of quaternary nitrogens is 1. The van der Waals surface area contributed by atoms with Gasteiger partial charge in [-0.1, -0.05) is 124 Å². The molecule has 0 aromatic rings. The van der Waals surface area contributed by atoms with Crippen molar-refractivity contribution in [3.63, 3.8) is 0 Å². The second kappa shape index (κ2) is 25.4. The Balaban J connectivity index is 1.24. The molecule has 0 aromatic carbocycles. The molecule has 0 aromatic heterocycles. The average molecular weight is 909 g/mol. The van der Waals surface area contributed by atoms with Crippen LogP contribution in [-0.2, 0) is 42.2 Å². The Morgan fingerprint density at radius 3 is 2.16 bits per heavy atom. The van der Waals surface area contributed by atoms with Crippen molar-refractivity contribution < 1.29 is 51.6 Å². The maximum absolute atomic E-state index is 13.2. The van der Waals surface area contributed by atoms with Crippen LogP contribution in [-0.4, -0.2) is 87.0 Å². The average Bonchev–Trinajstić information content (AvgIpc) is 3.57. The second-order valence-electron chi connectivity index (χ2n) is 22.1. The molecule has 4 aliphatic carbocycles. The summed E-state index contributed by atoms with van der Waals surface area (Å²) in [5.74, 6) is 3.01. The zero-order valence-corrected chi connectivity index (χ0v) is 42.2. The van der Waals surface area contributed by atoms with Crippen LogP contribution in [0, 0.1) is 46.3 Å². The van der Waals surface area contributed by atoms with Crippen LogP contribution in [0.4, 0.5) is 0 Å². The molecule has 10 atom stereocenters. The summed E-state index contributed by atoms with van der Waals surface area (Å²) in [5, 5.41) is 0. The largest absolute Gasteiger partial charge is 0.472 e. The highest BCUT2D eigenvalue weighted by atomic mass is 31.2. The van der Waals surface area contributed by atoms with Crippen molar-refractivity contribution >= 4 is 25.7 Å². The van der Waals surface area contributed by atoms with Crippen LogP contribution in [0.2, 0.25) is 0 Å². The Labute approximate surface area is 383 Å². The molecule has 3 fully saturated rings. The van der Waals surface area contributed by atoms with Gasteiger partial charge in [0.05, 0.1) is 40.6 Å². The molecule has 0 saturated heterocycles. The minimum absolute atomic E-state index is 0.0191. The van der Waals surface area contributed by atoms with E-state index in [0.717, 1.165) is 74.5 Å². The van der Waals surface area contributed by atoms with Gasteiger partial charge in [0.15, 0.2) is 6.10 Å². The van der Waals surface area contributed by atoms with Crippen LogP contribution in [0.5, 0.6) is 0 Å². The molecule has 11 nitrogen and oxygen atoms in total. The molecule has 3 saturated carbocycles. The lowest BCUT2D eigenvalue weighted by Crippen LogP contribution is -2.51. The van der Waals surface area contributed by atoms with Crippen LogP contribution < -0.4 is 0 Å². The molecule has 1 N–H and O–H groups in total. The highest BCUT2D eigenvalue weighted by molar-refractivity contribution is 7.47. The van der Waals surface area contributed by atoms with Gasteiger partial charge in [0.2, 0.25) is 0 Å². The summed E-state index contributed by atoms with van der Waals surface area (Å²) in [6.07, 6.45) is 24.1. The first-order valence-electron chi connectivity index (χ1n) is 25.4. The van der Waals surface area contributed by atoms with E-state index < -0.39 is 38.4 Å². The fourth-order valence-corrected chi connectivity index (χ4v) is 12.8. The van der Waals surface area contributed by atoms with E-state index in [1.807, 2.05) is 21.1 Å². The number of likely N-dealkylation sites (N-methyl/N-ethyl adjacent to an activating group) is 1. The van der Waals surface area contributed by atoms with Gasteiger partial charge in [-0.2, -0.15) is 0 Å². The molecule has 63 heavy (non-hydrogen) atoms. The maximum Gasteiger partial charge on any atom is 0.472 e. The van der Waals surface area contributed by atoms with E-state index in [4.69, 9.17) is 23.3 Å². The van der Waals surface area contributed by atoms with E-state index in [1.54, 1.807) is 0 Å². The van der Waals surface area contributed by atoms with Gasteiger partial charge in [-0.05, 0) is 97.7 Å². The lowest BCUT2D eigenvalue weighted by Gasteiger charge is -2.58. The summed E-state index contributed by atoms with van der Waals surface area (Å²) >= 11 is 0. The summed E-state index contributed by atoms with van der Waals surface area (Å²) in [7, 11) is 1.31. The molecule has 364 valence electrons. The summed E-state index contributed by atoms with van der Waals surface area (Å²) < 4.78 is 40.5. The summed E-state index contributed by atoms with van der Waals surface area (Å²) in [6.45, 7) is 14.1. The molecule has 4 aliphatic rings. The van der Waals surface area contributed by atoms with Crippen molar-refractivity contribution in [1.29, 1.82) is 0 Å². The zero-order chi connectivity index (χ0) is 46.3. The third-order valence-corrected chi connectivity index (χ3v) is 16.7. The van der Waals surface area contributed by atoms with Gasteiger partial charge in [0.1, 0.15) is 25.9 Å². The number of unbranched alkanes of at least 4 members (excludes halogenated alkanes) is 8. The molecule has 0 spiro atoms. The molecule has 0 amide bonds. The number of phosphoric ester groups is 1. The van der Waals surface area contributed by atoms with Gasteiger partial charge < -0.3 is 23.6 Å². The minimum atomic E-state index is -4.48. The summed E-state index contributed by atoms with van der Waals surface area (Å²) in [5.41, 5.74) is 2.03. The molecular weight excluding hydrogens is 818 g/mol. The number of esters is 3. The van der Waals surface area contributed by atoms with Crippen LogP contribution in [0.1, 0.15) is 189 Å². The molecular formula is C51H91NO10P+. The molecule has 2 unspecified atom stereocenters. The molecule has 0 heterocycles. The van der Waals surface area contributed by atoms with Gasteiger partial charge in [-0.15, -0.1) is 0 Å². The molecule has 0 bridgehead atoms. The zero-order valence-electron chi connectivity index (χ0n) is 41.3. The number of allylic oxidation sites excluding steroid dienone is 1. The van der Waals surface area contributed by atoms with Crippen LogP contribution in [0.25, 0.3) is 0 Å². The van der Waals surface area contributed by atoms with Crippen molar-refractivity contribution in [2.45, 2.75) is 201 Å². The van der Waals surface area contributed by atoms with Crippen molar-refractivity contribution in [3.8, 4) is 0 Å². The first kappa shape index (κ1) is 53.8. The highest BCUT2D eigenvalue weighted by Crippen LogP contribution is 2.67. The van der Waals surface area contributed by atoms with Gasteiger partial charge in [-0.25, -0.2) is 4.57 Å². The van der Waals surface area contributed by atoms with Gasteiger partial charge in [-0.3, -0.25) is 23.4 Å². The Morgan fingerprint density at radius 1 is 0.794 bits per heavy atom. The quantitative estimate of drug-likeness (QED) is 0.0193. The van der Waals surface area contributed by atoms with Crippen molar-refractivity contribution in [2.24, 2.45) is 46.3 Å². The number of fused-ring (bicyclic) bond motifs is 5. The highest BCUT2D eigenvalue weighted by Gasteiger charge is 2.59. The number of phosphoric acid groups is 1. The molecule has 4 rings (SSSR count). The molecule has 12 heteroatoms. The SMILES string of the molecule is CCCCCCCCCCCC(=O)OCC(COP(=O)(O)OCC[N+](C)(C)C)OC(=O)CCC(=O)O[C@H]1CC[C@@]2(C)C(=CC[C@H]3[C@@H]4CC[C@H]([C@H](C)CCCC(C)C)[C@@]4(C)CC[C@@H]32)C1. The monoisotopic (exact) mass is 909 g/mol. The van der Waals surface area contributed by atoms with Crippen LogP contribution >= 0.6 is 7.82 Å². The Morgan fingerprint density at radius 2 is 1.48 bits per heavy atom. The third kappa shape index (κ3) is 17.1. The van der Waals surface area contributed by atoms with E-state index in [2.05, 4.69) is 47.6 Å². The van der Waals surface area contributed by atoms with Crippen molar-refractivity contribution in [3.05, 3.63) is 11.6 Å². The van der Waals surface area contributed by atoms with Gasteiger partial charge >= 0.3 is 25.7 Å². The number of rotatable bonds is 29. The summed E-state index contributed by atoms with van der Waals surface area (Å²) in [4.78, 5) is 49.1. The smallest absolute Gasteiger partial charge is 0.462 e. The standard InChI is InChI=1S/C51H90NO10P/c1-10-11-12-13-14-15-16-17-18-22-47(53)58-36-42(37-60-63(56,57)59-34-33-52(7,8)9)62-49(55)28-27-48(54)61-41-29-31-50(5)40(35-41)23-24-43-45-26-25-44(39(4)21-19-20-38(2)3)51(45,6)32-30-46(43)50/h23,38-39,41-46H,10-22,24-37H2,1-9H3/p+1/t39-,41+,42?,43+,44-,45+,46+,50+,51-/m1/s1. The topological polar surface area (TPSA) is 135 Å². The van der Waals surface area contributed by atoms with Crippen LogP contribution in [0.15, 0.2) is 11.6 Å². The number of ether oxygens (including phenoxy) is 3. The van der Waals surface area contributed by atoms with Crippen molar-refractivity contribution in [1.82, 2.24) is 0 Å². The van der Waals surface area contributed by atoms with E-state index in [-0.39, 0.29) is 44.0 Å². The normalized spacial score (nSPS) is 28.8.